The molecule has 154 valence electrons. The summed E-state index contributed by atoms with van der Waals surface area (Å²) in [4.78, 5) is 18.5. The Morgan fingerprint density at radius 1 is 1.41 bits per heavy atom. The van der Waals surface area contributed by atoms with E-state index in [1.54, 1.807) is 7.11 Å². The van der Waals surface area contributed by atoms with Crippen molar-refractivity contribution in [2.24, 2.45) is 11.8 Å². The van der Waals surface area contributed by atoms with Crippen LogP contribution in [0.25, 0.3) is 10.9 Å². The fourth-order valence-electron chi connectivity index (χ4n) is 5.08. The van der Waals surface area contributed by atoms with Gasteiger partial charge in [-0.05, 0) is 42.4 Å². The number of Topliss-reactive ketones (excluding diaryl/α,β-unsaturated/α-hetero) is 1. The Bertz CT molecular complexity index is 961. The molecule has 2 aliphatic heterocycles. The monoisotopic (exact) mass is 396 g/mol. The quantitative estimate of drug-likeness (QED) is 0.446. The number of ether oxygens (including phenoxy) is 2. The molecule has 4 rings (SSSR count). The molecule has 0 spiro atoms. The Balaban J connectivity index is 1.77. The highest BCUT2D eigenvalue weighted by Crippen LogP contribution is 2.46. The number of aromatic nitrogens is 1. The van der Waals surface area contributed by atoms with E-state index in [-0.39, 0.29) is 23.7 Å². The first-order chi connectivity index (χ1) is 14.1. The Morgan fingerprint density at radius 3 is 2.93 bits per heavy atom. The number of carbonyl (C=O) groups is 1. The normalized spacial score (nSPS) is 24.7. The summed E-state index contributed by atoms with van der Waals surface area (Å²) in [5, 5.41) is 10.6. The van der Waals surface area contributed by atoms with Gasteiger partial charge in [0.05, 0.1) is 26.5 Å². The smallest absolute Gasteiger partial charge is 0.187 e. The van der Waals surface area contributed by atoms with E-state index in [4.69, 9.17) is 9.47 Å². The summed E-state index contributed by atoms with van der Waals surface area (Å²) in [5.74, 6) is 0.683. The molecule has 0 radical (unpaired) electrons. The number of H-pyrrole nitrogens is 1. The minimum Gasteiger partial charge on any atom is -0.504 e. The standard InChI is InChI=1S/C23H28N2O4/c1-4-14-11-25-9-8-15-22-18(6-5-7-21(22)29-3)24-23(15)19(25)10-16(14)17(13-28-2)20(27)12-26/h4-7,13-14,16,19,24,26H,1,8-12H2,2-3H3/b17-13+/t14-,16?,19?/m0/s1. The van der Waals surface area contributed by atoms with E-state index >= 15 is 0 Å². The number of carbonyl (C=O) groups excluding carboxylic acids is 1. The van der Waals surface area contributed by atoms with E-state index in [0.29, 0.717) is 5.57 Å². The maximum atomic E-state index is 12.4. The molecule has 1 fully saturated rings. The molecule has 6 heteroatoms. The number of rotatable bonds is 6. The van der Waals surface area contributed by atoms with Crippen LogP contribution in [0.4, 0.5) is 0 Å². The van der Waals surface area contributed by atoms with Gasteiger partial charge in [-0.1, -0.05) is 12.1 Å². The number of hydrogen-bond donors (Lipinski definition) is 2. The molecule has 3 heterocycles. The number of methoxy groups -OCH3 is 2. The number of ketones is 1. The van der Waals surface area contributed by atoms with Gasteiger partial charge in [0.15, 0.2) is 5.78 Å². The van der Waals surface area contributed by atoms with Gasteiger partial charge in [0.2, 0.25) is 0 Å². The summed E-state index contributed by atoms with van der Waals surface area (Å²) in [6, 6.07) is 6.25. The molecular weight excluding hydrogens is 368 g/mol. The van der Waals surface area contributed by atoms with Crippen LogP contribution in [-0.4, -0.2) is 54.7 Å². The molecule has 29 heavy (non-hydrogen) atoms. The molecule has 1 saturated heterocycles. The van der Waals surface area contributed by atoms with E-state index in [1.807, 2.05) is 18.2 Å². The molecule has 3 atom stereocenters. The summed E-state index contributed by atoms with van der Waals surface area (Å²) < 4.78 is 10.8. The third kappa shape index (κ3) is 3.26. The lowest BCUT2D eigenvalue weighted by Gasteiger charge is -2.46. The molecule has 2 unspecified atom stereocenters. The molecule has 0 amide bonds. The van der Waals surface area contributed by atoms with Gasteiger partial charge in [0.1, 0.15) is 12.4 Å². The lowest BCUT2D eigenvalue weighted by Crippen LogP contribution is -2.46. The highest BCUT2D eigenvalue weighted by molar-refractivity contribution is 5.96. The van der Waals surface area contributed by atoms with Crippen LogP contribution in [0, 0.1) is 11.8 Å². The van der Waals surface area contributed by atoms with Crippen LogP contribution < -0.4 is 4.74 Å². The van der Waals surface area contributed by atoms with Crippen molar-refractivity contribution in [2.45, 2.75) is 18.9 Å². The molecule has 2 aromatic rings. The number of nitrogens with zero attached hydrogens (tertiary/aromatic N) is 1. The zero-order valence-corrected chi connectivity index (χ0v) is 17.0. The molecular formula is C23H28N2O4. The topological polar surface area (TPSA) is 74.8 Å². The largest absolute Gasteiger partial charge is 0.504 e. The molecule has 0 bridgehead atoms. The second kappa shape index (κ2) is 8.05. The highest BCUT2D eigenvalue weighted by Gasteiger charge is 2.42. The number of piperidine rings is 1. The Morgan fingerprint density at radius 2 is 2.24 bits per heavy atom. The number of hydrogen-bond acceptors (Lipinski definition) is 5. The van der Waals surface area contributed by atoms with Crippen molar-refractivity contribution in [1.29, 1.82) is 0 Å². The van der Waals surface area contributed by atoms with Gasteiger partial charge >= 0.3 is 0 Å². The number of aromatic amines is 1. The number of nitrogens with one attached hydrogen (secondary N) is 1. The van der Waals surface area contributed by atoms with Gasteiger partial charge in [-0.15, -0.1) is 6.58 Å². The molecule has 2 N–H and O–H groups in total. The van der Waals surface area contributed by atoms with Gasteiger partial charge < -0.3 is 19.6 Å². The average molecular weight is 396 g/mol. The Labute approximate surface area is 170 Å². The summed E-state index contributed by atoms with van der Waals surface area (Å²) in [6.07, 6.45) is 5.14. The molecule has 2 aliphatic rings. The van der Waals surface area contributed by atoms with Crippen LogP contribution >= 0.6 is 0 Å². The fraction of sp³-hybridized carbons (Fsp3) is 0.435. The zero-order chi connectivity index (χ0) is 20.5. The second-order valence-electron chi connectivity index (χ2n) is 7.79. The molecule has 0 aliphatic carbocycles. The number of benzene rings is 1. The average Bonchev–Trinajstić information content (AvgIpc) is 3.15. The van der Waals surface area contributed by atoms with Crippen LogP contribution in [0.2, 0.25) is 0 Å². The number of aliphatic hydroxyl groups excluding tert-OH is 1. The lowest BCUT2D eigenvalue weighted by atomic mass is 9.74. The SMILES string of the molecule is C=C[C@H]1CN2CCc3c([nH]c4cccc(OC)c34)C2CC1/C(=C\OC)C(=O)CO. The maximum Gasteiger partial charge on any atom is 0.187 e. The van der Waals surface area contributed by atoms with Gasteiger partial charge in [-0.3, -0.25) is 9.69 Å². The van der Waals surface area contributed by atoms with Crippen LogP contribution in [0.5, 0.6) is 5.75 Å². The van der Waals surface area contributed by atoms with E-state index in [2.05, 4.69) is 22.5 Å². The predicted molar refractivity (Wildman–Crippen MR) is 112 cm³/mol. The third-order valence-corrected chi connectivity index (χ3v) is 6.42. The summed E-state index contributed by atoms with van der Waals surface area (Å²) >= 11 is 0. The number of fused-ring (bicyclic) bond motifs is 5. The minimum absolute atomic E-state index is 0.0485. The van der Waals surface area contributed by atoms with Crippen LogP contribution in [0.1, 0.15) is 23.7 Å². The number of aliphatic hydroxyl groups is 1. The van der Waals surface area contributed by atoms with Gasteiger partial charge in [-0.25, -0.2) is 0 Å². The summed E-state index contributed by atoms with van der Waals surface area (Å²) in [7, 11) is 3.24. The van der Waals surface area contributed by atoms with E-state index in [0.717, 1.165) is 42.6 Å². The first-order valence-corrected chi connectivity index (χ1v) is 10.0. The first kappa shape index (κ1) is 19.7. The maximum absolute atomic E-state index is 12.4. The van der Waals surface area contributed by atoms with E-state index in [1.165, 1.54) is 24.6 Å². The van der Waals surface area contributed by atoms with Crippen LogP contribution in [0.3, 0.4) is 0 Å². The van der Waals surface area contributed by atoms with Gasteiger partial charge in [0.25, 0.3) is 0 Å². The molecule has 0 saturated carbocycles. The van der Waals surface area contributed by atoms with E-state index in [9.17, 15) is 9.90 Å². The fourth-order valence-corrected chi connectivity index (χ4v) is 5.08. The van der Waals surface area contributed by atoms with Crippen LogP contribution in [0.15, 0.2) is 42.7 Å². The summed E-state index contributed by atoms with van der Waals surface area (Å²) in [6.45, 7) is 5.27. The summed E-state index contributed by atoms with van der Waals surface area (Å²) in [5.41, 5.74) is 4.13. The van der Waals surface area contributed by atoms with Crippen molar-refractivity contribution >= 4 is 16.7 Å². The van der Waals surface area contributed by atoms with Crippen molar-refractivity contribution in [3.8, 4) is 5.75 Å². The third-order valence-electron chi connectivity index (χ3n) is 6.42. The predicted octanol–water partition coefficient (Wildman–Crippen LogP) is 2.99. The molecule has 1 aromatic heterocycles. The molecule has 6 nitrogen and oxygen atoms in total. The zero-order valence-electron chi connectivity index (χ0n) is 17.0. The Hall–Kier alpha value is -2.57. The van der Waals surface area contributed by atoms with E-state index < -0.39 is 6.61 Å². The molecule has 1 aromatic carbocycles. The van der Waals surface area contributed by atoms with Gasteiger partial charge in [0, 0.05) is 35.3 Å². The van der Waals surface area contributed by atoms with Crippen LogP contribution in [-0.2, 0) is 16.0 Å². The van der Waals surface area contributed by atoms with Crippen molar-refractivity contribution in [2.75, 3.05) is 33.9 Å². The lowest BCUT2D eigenvalue weighted by molar-refractivity contribution is -0.119. The van der Waals surface area contributed by atoms with Crippen molar-refractivity contribution < 1.29 is 19.4 Å². The first-order valence-electron chi connectivity index (χ1n) is 10.0. The van der Waals surface area contributed by atoms with Crippen molar-refractivity contribution in [3.63, 3.8) is 0 Å². The minimum atomic E-state index is -0.515. The second-order valence-corrected chi connectivity index (χ2v) is 7.79. The van der Waals surface area contributed by atoms with Crippen molar-refractivity contribution in [1.82, 2.24) is 9.88 Å². The Kier molecular flexibility index (Phi) is 5.48. The van der Waals surface area contributed by atoms with Crippen molar-refractivity contribution in [3.05, 3.63) is 53.9 Å². The highest BCUT2D eigenvalue weighted by atomic mass is 16.5. The van der Waals surface area contributed by atoms with Gasteiger partial charge in [-0.2, -0.15) is 0 Å².